The SMILES string of the molecule is O=C(CSc1nncc2c1[nH]c1ccc(F)cc12)NCc1ccccc1F. The third-order valence-corrected chi connectivity index (χ3v) is 5.09. The minimum Gasteiger partial charge on any atom is -0.352 e. The number of hydrogen-bond donors (Lipinski definition) is 2. The molecule has 136 valence electrons. The molecule has 4 aromatic rings. The summed E-state index contributed by atoms with van der Waals surface area (Å²) in [5.74, 6) is -0.830. The van der Waals surface area contributed by atoms with Gasteiger partial charge in [-0.2, -0.15) is 5.10 Å². The molecule has 0 spiro atoms. The lowest BCUT2D eigenvalue weighted by molar-refractivity contribution is -0.118. The Bertz CT molecular complexity index is 1150. The van der Waals surface area contributed by atoms with Gasteiger partial charge in [-0.3, -0.25) is 4.79 Å². The molecular weight excluding hydrogens is 370 g/mol. The first kappa shape index (κ1) is 17.4. The van der Waals surface area contributed by atoms with E-state index in [4.69, 9.17) is 0 Å². The standard InChI is InChI=1S/C19H14F2N4OS/c20-12-5-6-16-13(7-12)14-9-23-25-19(18(14)24-16)27-10-17(26)22-8-11-3-1-2-4-15(11)21/h1-7,9,24H,8,10H2,(H,22,26). The van der Waals surface area contributed by atoms with Crippen molar-refractivity contribution in [2.75, 3.05) is 5.75 Å². The third-order valence-electron chi connectivity index (χ3n) is 4.12. The quantitative estimate of drug-likeness (QED) is 0.514. The van der Waals surface area contributed by atoms with Gasteiger partial charge >= 0.3 is 0 Å². The molecule has 27 heavy (non-hydrogen) atoms. The van der Waals surface area contributed by atoms with Gasteiger partial charge in [0.2, 0.25) is 5.91 Å². The number of carbonyl (C=O) groups excluding carboxylic acids is 1. The molecule has 0 aliphatic rings. The molecule has 0 bridgehead atoms. The first-order chi connectivity index (χ1) is 13.1. The normalized spacial score (nSPS) is 11.2. The van der Waals surface area contributed by atoms with Crippen LogP contribution in [0.1, 0.15) is 5.56 Å². The number of fused-ring (bicyclic) bond motifs is 3. The predicted octanol–water partition coefficient (Wildman–Crippen LogP) is 3.80. The molecule has 2 N–H and O–H groups in total. The highest BCUT2D eigenvalue weighted by Crippen LogP contribution is 2.30. The van der Waals surface area contributed by atoms with Crippen LogP contribution in [0.3, 0.4) is 0 Å². The Kier molecular flexibility index (Phi) is 4.72. The molecule has 0 saturated carbocycles. The van der Waals surface area contributed by atoms with E-state index < -0.39 is 0 Å². The number of aromatic amines is 1. The zero-order valence-electron chi connectivity index (χ0n) is 14.0. The molecule has 2 heterocycles. The highest BCUT2D eigenvalue weighted by atomic mass is 32.2. The van der Waals surface area contributed by atoms with Crippen LogP contribution in [0, 0.1) is 11.6 Å². The molecule has 8 heteroatoms. The number of H-pyrrole nitrogens is 1. The van der Waals surface area contributed by atoms with Crippen molar-refractivity contribution in [1.82, 2.24) is 20.5 Å². The molecule has 0 radical (unpaired) electrons. The number of hydrogen-bond acceptors (Lipinski definition) is 4. The van der Waals surface area contributed by atoms with E-state index in [0.29, 0.717) is 21.5 Å². The van der Waals surface area contributed by atoms with E-state index in [1.807, 2.05) is 0 Å². The van der Waals surface area contributed by atoms with E-state index in [-0.39, 0.29) is 29.8 Å². The van der Waals surface area contributed by atoms with E-state index in [2.05, 4.69) is 20.5 Å². The van der Waals surface area contributed by atoms with Crippen molar-refractivity contribution in [2.45, 2.75) is 11.6 Å². The molecule has 0 fully saturated rings. The Labute approximate surface area is 157 Å². The average Bonchev–Trinajstić information content (AvgIpc) is 3.04. The van der Waals surface area contributed by atoms with Gasteiger partial charge in [-0.1, -0.05) is 30.0 Å². The summed E-state index contributed by atoms with van der Waals surface area (Å²) < 4.78 is 27.1. The highest BCUT2D eigenvalue weighted by molar-refractivity contribution is 8.00. The molecule has 0 aliphatic heterocycles. The number of nitrogens with zero attached hydrogens (tertiary/aromatic N) is 2. The van der Waals surface area contributed by atoms with Gasteiger partial charge < -0.3 is 10.3 Å². The number of rotatable bonds is 5. The number of halogens is 2. The molecule has 0 atom stereocenters. The van der Waals surface area contributed by atoms with Crippen LogP contribution in [0.4, 0.5) is 8.78 Å². The summed E-state index contributed by atoms with van der Waals surface area (Å²) in [6.45, 7) is 0.119. The van der Waals surface area contributed by atoms with Gasteiger partial charge in [-0.05, 0) is 24.3 Å². The van der Waals surface area contributed by atoms with Crippen LogP contribution in [0.25, 0.3) is 21.8 Å². The summed E-state index contributed by atoms with van der Waals surface area (Å²) >= 11 is 1.21. The van der Waals surface area contributed by atoms with Gasteiger partial charge in [0, 0.05) is 28.4 Å². The first-order valence-corrected chi connectivity index (χ1v) is 9.16. The maximum atomic E-state index is 13.6. The monoisotopic (exact) mass is 384 g/mol. The third kappa shape index (κ3) is 3.61. The Hall–Kier alpha value is -3.00. The smallest absolute Gasteiger partial charge is 0.230 e. The lowest BCUT2D eigenvalue weighted by Gasteiger charge is -2.06. The van der Waals surface area contributed by atoms with Crippen LogP contribution in [-0.2, 0) is 11.3 Å². The van der Waals surface area contributed by atoms with Gasteiger partial charge in [0.25, 0.3) is 0 Å². The zero-order chi connectivity index (χ0) is 18.8. The number of aromatic nitrogens is 3. The van der Waals surface area contributed by atoms with Crippen LogP contribution in [-0.4, -0.2) is 26.8 Å². The summed E-state index contributed by atoms with van der Waals surface area (Å²) in [5.41, 5.74) is 1.90. The second-order valence-electron chi connectivity index (χ2n) is 5.91. The average molecular weight is 384 g/mol. The molecule has 5 nitrogen and oxygen atoms in total. The zero-order valence-corrected chi connectivity index (χ0v) is 14.8. The fourth-order valence-corrected chi connectivity index (χ4v) is 3.58. The highest BCUT2D eigenvalue weighted by Gasteiger charge is 2.13. The lowest BCUT2D eigenvalue weighted by atomic mass is 10.2. The maximum Gasteiger partial charge on any atom is 0.230 e. The minimum absolute atomic E-state index is 0.103. The van der Waals surface area contributed by atoms with Crippen molar-refractivity contribution in [3.05, 3.63) is 65.9 Å². The Morgan fingerprint density at radius 3 is 2.85 bits per heavy atom. The number of nitrogens with one attached hydrogen (secondary N) is 2. The van der Waals surface area contributed by atoms with Crippen LogP contribution >= 0.6 is 11.8 Å². The van der Waals surface area contributed by atoms with Crippen molar-refractivity contribution >= 4 is 39.5 Å². The minimum atomic E-state index is -0.355. The molecular formula is C19H14F2N4OS. The van der Waals surface area contributed by atoms with Gasteiger partial charge in [0.15, 0.2) is 0 Å². The largest absolute Gasteiger partial charge is 0.352 e. The van der Waals surface area contributed by atoms with Gasteiger partial charge in [-0.15, -0.1) is 5.10 Å². The van der Waals surface area contributed by atoms with Crippen LogP contribution < -0.4 is 5.32 Å². The molecule has 2 aromatic carbocycles. The maximum absolute atomic E-state index is 13.6. The number of benzene rings is 2. The predicted molar refractivity (Wildman–Crippen MR) is 100 cm³/mol. The molecule has 4 rings (SSSR count). The lowest BCUT2D eigenvalue weighted by Crippen LogP contribution is -2.25. The van der Waals surface area contributed by atoms with E-state index in [0.717, 1.165) is 10.9 Å². The molecule has 0 saturated heterocycles. The number of carbonyl (C=O) groups is 1. The van der Waals surface area contributed by atoms with Crippen LogP contribution in [0.5, 0.6) is 0 Å². The second-order valence-corrected chi connectivity index (χ2v) is 6.87. The molecule has 1 amide bonds. The first-order valence-electron chi connectivity index (χ1n) is 8.17. The van der Waals surface area contributed by atoms with Crippen LogP contribution in [0.15, 0.2) is 53.7 Å². The molecule has 0 aliphatic carbocycles. The van der Waals surface area contributed by atoms with Crippen molar-refractivity contribution in [3.63, 3.8) is 0 Å². The van der Waals surface area contributed by atoms with Crippen molar-refractivity contribution in [3.8, 4) is 0 Å². The number of amides is 1. The van der Waals surface area contributed by atoms with E-state index in [1.54, 1.807) is 30.5 Å². The summed E-state index contributed by atoms with van der Waals surface area (Å²) in [6, 6.07) is 10.8. The molecule has 2 aromatic heterocycles. The van der Waals surface area contributed by atoms with E-state index in [1.165, 1.54) is 30.0 Å². The van der Waals surface area contributed by atoms with Crippen LogP contribution in [0.2, 0.25) is 0 Å². The van der Waals surface area contributed by atoms with Crippen molar-refractivity contribution in [2.24, 2.45) is 0 Å². The number of thioether (sulfide) groups is 1. The summed E-state index contributed by atoms with van der Waals surface area (Å²) in [7, 11) is 0. The Morgan fingerprint density at radius 2 is 2.00 bits per heavy atom. The van der Waals surface area contributed by atoms with E-state index >= 15 is 0 Å². The van der Waals surface area contributed by atoms with Gasteiger partial charge in [0.1, 0.15) is 16.7 Å². The molecule has 0 unspecified atom stereocenters. The Morgan fingerprint density at radius 1 is 1.15 bits per heavy atom. The topological polar surface area (TPSA) is 70.7 Å². The van der Waals surface area contributed by atoms with Crippen molar-refractivity contribution in [1.29, 1.82) is 0 Å². The van der Waals surface area contributed by atoms with Gasteiger partial charge in [-0.25, -0.2) is 8.78 Å². The van der Waals surface area contributed by atoms with E-state index in [9.17, 15) is 13.6 Å². The fraction of sp³-hybridized carbons (Fsp3) is 0.105. The fourth-order valence-electron chi connectivity index (χ4n) is 2.80. The van der Waals surface area contributed by atoms with Crippen molar-refractivity contribution < 1.29 is 13.6 Å². The van der Waals surface area contributed by atoms with Gasteiger partial charge in [0.05, 0.1) is 17.5 Å². The summed E-state index contributed by atoms with van der Waals surface area (Å²) in [6.07, 6.45) is 1.57. The second kappa shape index (κ2) is 7.32. The summed E-state index contributed by atoms with van der Waals surface area (Å²) in [4.78, 5) is 15.3. The summed E-state index contributed by atoms with van der Waals surface area (Å²) in [5, 5.41) is 12.7. The Balaban J connectivity index is 1.48.